The quantitative estimate of drug-likeness (QED) is 0.726. The van der Waals surface area contributed by atoms with Crippen LogP contribution in [0.5, 0.6) is 0 Å². The van der Waals surface area contributed by atoms with Crippen LogP contribution in [0.3, 0.4) is 0 Å². The summed E-state index contributed by atoms with van der Waals surface area (Å²) < 4.78 is 0. The number of nitrogens with two attached hydrogens (primary N) is 1. The Labute approximate surface area is 103 Å². The Bertz CT molecular complexity index is 268. The number of thiocarbonyl (C=S) groups is 1. The molecule has 0 aliphatic heterocycles. The maximum atomic E-state index is 12.3. The Morgan fingerprint density at radius 1 is 1.38 bits per heavy atom. The molecule has 4 heteroatoms. The van der Waals surface area contributed by atoms with Gasteiger partial charge in [-0.25, -0.2) is 0 Å². The van der Waals surface area contributed by atoms with Crippen LogP contribution in [-0.4, -0.2) is 16.9 Å². The molecule has 0 radical (unpaired) electrons. The summed E-state index contributed by atoms with van der Waals surface area (Å²) in [5.41, 5.74) is 5.21. The van der Waals surface area contributed by atoms with E-state index in [9.17, 15) is 4.79 Å². The minimum absolute atomic E-state index is 0.0474. The number of nitrogens with one attached hydrogen (secondary N) is 1. The van der Waals surface area contributed by atoms with E-state index in [1.807, 2.05) is 0 Å². The second-order valence-electron chi connectivity index (χ2n) is 4.64. The SMILES string of the molecule is CCC(CC)NC(=O)C1(C(N)=S)CCCC1. The fourth-order valence-electron chi connectivity index (χ4n) is 2.38. The Morgan fingerprint density at radius 3 is 2.25 bits per heavy atom. The molecule has 1 fully saturated rings. The average molecular weight is 242 g/mol. The lowest BCUT2D eigenvalue weighted by Gasteiger charge is -2.28. The summed E-state index contributed by atoms with van der Waals surface area (Å²) in [6, 6.07) is 0.249. The average Bonchev–Trinajstić information content (AvgIpc) is 2.75. The van der Waals surface area contributed by atoms with Gasteiger partial charge in [0.05, 0.1) is 10.4 Å². The van der Waals surface area contributed by atoms with Crippen molar-refractivity contribution >= 4 is 23.1 Å². The van der Waals surface area contributed by atoms with Gasteiger partial charge in [-0.1, -0.05) is 38.9 Å². The lowest BCUT2D eigenvalue weighted by molar-refractivity contribution is -0.128. The van der Waals surface area contributed by atoms with Gasteiger partial charge in [0.1, 0.15) is 0 Å². The molecule has 0 saturated heterocycles. The van der Waals surface area contributed by atoms with Crippen LogP contribution >= 0.6 is 12.2 Å². The van der Waals surface area contributed by atoms with E-state index in [2.05, 4.69) is 19.2 Å². The number of rotatable bonds is 5. The molecule has 3 N–H and O–H groups in total. The van der Waals surface area contributed by atoms with E-state index in [1.165, 1.54) is 0 Å². The maximum Gasteiger partial charge on any atom is 0.233 e. The number of amides is 1. The van der Waals surface area contributed by atoms with Gasteiger partial charge in [0, 0.05) is 6.04 Å². The molecule has 0 atom stereocenters. The van der Waals surface area contributed by atoms with Gasteiger partial charge in [-0.2, -0.15) is 0 Å². The van der Waals surface area contributed by atoms with E-state index in [4.69, 9.17) is 18.0 Å². The van der Waals surface area contributed by atoms with E-state index >= 15 is 0 Å². The first kappa shape index (κ1) is 13.4. The van der Waals surface area contributed by atoms with E-state index in [-0.39, 0.29) is 11.9 Å². The van der Waals surface area contributed by atoms with Crippen LogP contribution in [0.2, 0.25) is 0 Å². The minimum Gasteiger partial charge on any atom is -0.392 e. The van der Waals surface area contributed by atoms with E-state index in [0.717, 1.165) is 38.5 Å². The fraction of sp³-hybridized carbons (Fsp3) is 0.833. The van der Waals surface area contributed by atoms with Crippen molar-refractivity contribution in [2.45, 2.75) is 58.4 Å². The molecule has 0 aromatic carbocycles. The first-order valence-electron chi connectivity index (χ1n) is 6.17. The third-order valence-electron chi connectivity index (χ3n) is 3.68. The highest BCUT2D eigenvalue weighted by Gasteiger charge is 2.44. The van der Waals surface area contributed by atoms with Crippen LogP contribution in [0.1, 0.15) is 52.4 Å². The van der Waals surface area contributed by atoms with Gasteiger partial charge < -0.3 is 11.1 Å². The van der Waals surface area contributed by atoms with Crippen molar-refractivity contribution in [2.75, 3.05) is 0 Å². The van der Waals surface area contributed by atoms with Gasteiger partial charge in [0.25, 0.3) is 0 Å². The van der Waals surface area contributed by atoms with Crippen molar-refractivity contribution in [3.05, 3.63) is 0 Å². The Hall–Kier alpha value is -0.640. The van der Waals surface area contributed by atoms with Crippen LogP contribution in [0.15, 0.2) is 0 Å². The Balaban J connectivity index is 2.72. The summed E-state index contributed by atoms with van der Waals surface area (Å²) in [7, 11) is 0. The minimum atomic E-state index is -0.558. The van der Waals surface area contributed by atoms with Crippen molar-refractivity contribution in [2.24, 2.45) is 11.1 Å². The third-order valence-corrected chi connectivity index (χ3v) is 4.07. The van der Waals surface area contributed by atoms with Crippen molar-refractivity contribution in [1.82, 2.24) is 5.32 Å². The number of carbonyl (C=O) groups excluding carboxylic acids is 1. The normalized spacial score (nSPS) is 18.7. The summed E-state index contributed by atoms with van der Waals surface area (Å²) in [6.07, 6.45) is 5.63. The predicted molar refractivity (Wildman–Crippen MR) is 70.2 cm³/mol. The van der Waals surface area contributed by atoms with Crippen molar-refractivity contribution in [3.8, 4) is 0 Å². The largest absolute Gasteiger partial charge is 0.392 e. The zero-order valence-electron chi connectivity index (χ0n) is 10.2. The molecule has 1 rings (SSSR count). The van der Waals surface area contributed by atoms with Crippen LogP contribution in [0.25, 0.3) is 0 Å². The highest BCUT2D eigenvalue weighted by molar-refractivity contribution is 7.80. The highest BCUT2D eigenvalue weighted by Crippen LogP contribution is 2.38. The van der Waals surface area contributed by atoms with Gasteiger partial charge in [-0.15, -0.1) is 0 Å². The monoisotopic (exact) mass is 242 g/mol. The Morgan fingerprint density at radius 2 is 1.88 bits per heavy atom. The molecule has 0 unspecified atom stereocenters. The van der Waals surface area contributed by atoms with Crippen LogP contribution in [0.4, 0.5) is 0 Å². The standard InChI is InChI=1S/C12H22N2OS/c1-3-9(4-2)14-11(15)12(10(13)16)7-5-6-8-12/h9H,3-8H2,1-2H3,(H2,13,16)(H,14,15). The summed E-state index contributed by atoms with van der Waals surface area (Å²) in [5, 5.41) is 3.07. The molecule has 1 aliphatic carbocycles. The number of hydrogen-bond donors (Lipinski definition) is 2. The van der Waals surface area contributed by atoms with Crippen molar-refractivity contribution < 1.29 is 4.79 Å². The zero-order chi connectivity index (χ0) is 12.2. The molecule has 1 saturated carbocycles. The molecule has 0 aromatic rings. The molecule has 0 spiro atoms. The first-order chi connectivity index (χ1) is 7.56. The fourth-order valence-corrected chi connectivity index (χ4v) is 2.68. The molecule has 1 aliphatic rings. The molecule has 0 heterocycles. The second kappa shape index (κ2) is 5.62. The number of hydrogen-bond acceptors (Lipinski definition) is 2. The Kier molecular flexibility index (Phi) is 4.71. The van der Waals surface area contributed by atoms with E-state index < -0.39 is 5.41 Å². The highest BCUT2D eigenvalue weighted by atomic mass is 32.1. The van der Waals surface area contributed by atoms with Crippen LogP contribution in [-0.2, 0) is 4.79 Å². The lowest BCUT2D eigenvalue weighted by Crippen LogP contribution is -2.50. The first-order valence-corrected chi connectivity index (χ1v) is 6.58. The van der Waals surface area contributed by atoms with Gasteiger partial charge in [0.2, 0.25) is 5.91 Å². The molecular formula is C12H22N2OS. The molecule has 92 valence electrons. The summed E-state index contributed by atoms with van der Waals surface area (Å²) in [6.45, 7) is 4.16. The van der Waals surface area contributed by atoms with E-state index in [0.29, 0.717) is 4.99 Å². The lowest BCUT2D eigenvalue weighted by atomic mass is 9.84. The van der Waals surface area contributed by atoms with Crippen LogP contribution < -0.4 is 11.1 Å². The zero-order valence-corrected chi connectivity index (χ0v) is 11.0. The predicted octanol–water partition coefficient (Wildman–Crippen LogP) is 2.14. The maximum absolute atomic E-state index is 12.3. The number of carbonyl (C=O) groups is 1. The van der Waals surface area contributed by atoms with E-state index in [1.54, 1.807) is 0 Å². The molecular weight excluding hydrogens is 220 g/mol. The van der Waals surface area contributed by atoms with Crippen molar-refractivity contribution in [1.29, 1.82) is 0 Å². The van der Waals surface area contributed by atoms with Crippen molar-refractivity contribution in [3.63, 3.8) is 0 Å². The second-order valence-corrected chi connectivity index (χ2v) is 5.08. The summed E-state index contributed by atoms with van der Waals surface area (Å²) >= 11 is 5.09. The summed E-state index contributed by atoms with van der Waals surface area (Å²) in [4.78, 5) is 12.6. The molecule has 3 nitrogen and oxygen atoms in total. The van der Waals surface area contributed by atoms with Gasteiger partial charge in [-0.05, 0) is 25.7 Å². The van der Waals surface area contributed by atoms with Gasteiger partial charge in [0.15, 0.2) is 0 Å². The topological polar surface area (TPSA) is 55.1 Å². The molecule has 16 heavy (non-hydrogen) atoms. The van der Waals surface area contributed by atoms with Gasteiger partial charge in [-0.3, -0.25) is 4.79 Å². The smallest absolute Gasteiger partial charge is 0.233 e. The molecule has 0 aromatic heterocycles. The molecule has 1 amide bonds. The van der Waals surface area contributed by atoms with Crippen LogP contribution in [0, 0.1) is 5.41 Å². The third kappa shape index (κ3) is 2.54. The molecule has 0 bridgehead atoms. The summed E-state index contributed by atoms with van der Waals surface area (Å²) in [5.74, 6) is 0.0474. The van der Waals surface area contributed by atoms with Gasteiger partial charge >= 0.3 is 0 Å².